The van der Waals surface area contributed by atoms with Gasteiger partial charge < -0.3 is 9.80 Å². The van der Waals surface area contributed by atoms with Gasteiger partial charge >= 0.3 is 6.41 Å². The van der Waals surface area contributed by atoms with Crippen LogP contribution in [0.4, 0.5) is 17.1 Å². The number of nitrogens with zero attached hydrogens (tertiary/aromatic N) is 2. The van der Waals surface area contributed by atoms with Gasteiger partial charge in [-0.15, -0.1) is 0 Å². The van der Waals surface area contributed by atoms with Crippen molar-refractivity contribution in [3.63, 3.8) is 0 Å². The summed E-state index contributed by atoms with van der Waals surface area (Å²) in [6.07, 6.45) is 1.99. The molecule has 0 fully saturated rings. The fourth-order valence-electron chi connectivity index (χ4n) is 2.37. The SMILES string of the molecule is O=[C]N1CCN(c2cccc(Br)c2)c2ccccc21. The number of hydrogen-bond acceptors (Lipinski definition) is 2. The number of amides is 1. The van der Waals surface area contributed by atoms with Crippen LogP contribution < -0.4 is 9.80 Å². The zero-order valence-corrected chi connectivity index (χ0v) is 11.8. The van der Waals surface area contributed by atoms with Gasteiger partial charge in [0.1, 0.15) is 0 Å². The molecule has 3 nitrogen and oxygen atoms in total. The van der Waals surface area contributed by atoms with E-state index in [2.05, 4.69) is 33.0 Å². The Morgan fingerprint density at radius 2 is 1.79 bits per heavy atom. The molecule has 0 aromatic heterocycles. The predicted molar refractivity (Wildman–Crippen MR) is 80.6 cm³/mol. The number of halogens is 1. The average molecular weight is 316 g/mol. The van der Waals surface area contributed by atoms with Gasteiger partial charge in [0.25, 0.3) is 0 Å². The lowest BCUT2D eigenvalue weighted by Gasteiger charge is -2.35. The van der Waals surface area contributed by atoms with Gasteiger partial charge in [-0.2, -0.15) is 0 Å². The van der Waals surface area contributed by atoms with E-state index in [1.165, 1.54) is 0 Å². The van der Waals surface area contributed by atoms with Crippen molar-refractivity contribution in [2.75, 3.05) is 22.9 Å². The van der Waals surface area contributed by atoms with Gasteiger partial charge in [0, 0.05) is 23.2 Å². The van der Waals surface area contributed by atoms with E-state index >= 15 is 0 Å². The van der Waals surface area contributed by atoms with Crippen molar-refractivity contribution < 1.29 is 4.79 Å². The Morgan fingerprint density at radius 3 is 2.53 bits per heavy atom. The summed E-state index contributed by atoms with van der Waals surface area (Å²) in [5, 5.41) is 0. The summed E-state index contributed by atoms with van der Waals surface area (Å²) in [5.74, 6) is 0. The number of anilines is 3. The van der Waals surface area contributed by atoms with Crippen LogP contribution in [0.1, 0.15) is 0 Å². The second-order valence-electron chi connectivity index (χ2n) is 4.36. The predicted octanol–water partition coefficient (Wildman–Crippen LogP) is 3.47. The van der Waals surface area contributed by atoms with Crippen LogP contribution >= 0.6 is 15.9 Å². The van der Waals surface area contributed by atoms with E-state index in [9.17, 15) is 4.79 Å². The maximum Gasteiger partial charge on any atom is 0.317 e. The van der Waals surface area contributed by atoms with Crippen molar-refractivity contribution in [2.45, 2.75) is 0 Å². The van der Waals surface area contributed by atoms with Crippen LogP contribution in [-0.2, 0) is 4.79 Å². The van der Waals surface area contributed by atoms with E-state index in [1.807, 2.05) is 42.8 Å². The third-order valence-corrected chi connectivity index (χ3v) is 3.73. The Morgan fingerprint density at radius 1 is 1.00 bits per heavy atom. The van der Waals surface area contributed by atoms with Gasteiger partial charge in [-0.25, -0.2) is 0 Å². The molecule has 19 heavy (non-hydrogen) atoms. The Bertz CT molecular complexity index is 615. The van der Waals surface area contributed by atoms with Gasteiger partial charge in [0.15, 0.2) is 0 Å². The highest BCUT2D eigenvalue weighted by Crippen LogP contribution is 2.37. The first-order chi connectivity index (χ1) is 9.29. The molecule has 1 radical (unpaired) electrons. The smallest absolute Gasteiger partial charge is 0.317 e. The average Bonchev–Trinajstić information content (AvgIpc) is 2.46. The van der Waals surface area contributed by atoms with E-state index in [0.29, 0.717) is 6.54 Å². The van der Waals surface area contributed by atoms with Gasteiger partial charge in [0.05, 0.1) is 11.4 Å². The molecule has 0 N–H and O–H groups in total. The van der Waals surface area contributed by atoms with Crippen LogP contribution in [0.25, 0.3) is 0 Å². The first kappa shape index (κ1) is 12.2. The van der Waals surface area contributed by atoms with Crippen LogP contribution in [0.5, 0.6) is 0 Å². The minimum absolute atomic E-state index is 0.646. The second kappa shape index (κ2) is 5.05. The van der Waals surface area contributed by atoms with Gasteiger partial charge in [0.2, 0.25) is 0 Å². The highest BCUT2D eigenvalue weighted by molar-refractivity contribution is 9.10. The van der Waals surface area contributed by atoms with Crippen LogP contribution in [0.2, 0.25) is 0 Å². The maximum absolute atomic E-state index is 11.0. The minimum Gasteiger partial charge on any atom is -0.338 e. The van der Waals surface area contributed by atoms with Gasteiger partial charge in [-0.1, -0.05) is 34.1 Å². The number of para-hydroxylation sites is 2. The van der Waals surface area contributed by atoms with Crippen LogP contribution in [-0.4, -0.2) is 19.5 Å². The molecule has 0 atom stereocenters. The Kier molecular flexibility index (Phi) is 3.25. The molecular formula is C15H12BrN2O. The summed E-state index contributed by atoms with van der Waals surface area (Å²) in [6.45, 7) is 1.41. The molecule has 95 valence electrons. The Labute approximate surface area is 120 Å². The standard InChI is InChI=1S/C15H12BrN2O/c16-12-4-3-5-13(10-12)18-9-8-17(11-19)14-6-1-2-7-15(14)18/h1-7,10H,8-9H2. The molecule has 0 unspecified atom stereocenters. The summed E-state index contributed by atoms with van der Waals surface area (Å²) in [4.78, 5) is 14.8. The Hall–Kier alpha value is -1.81. The molecule has 2 aromatic rings. The molecule has 1 aliphatic heterocycles. The number of fused-ring (bicyclic) bond motifs is 1. The van der Waals surface area contributed by atoms with Crippen molar-refractivity contribution in [1.82, 2.24) is 0 Å². The van der Waals surface area contributed by atoms with E-state index in [4.69, 9.17) is 0 Å². The number of hydrogen-bond donors (Lipinski definition) is 0. The summed E-state index contributed by atoms with van der Waals surface area (Å²) >= 11 is 3.49. The third-order valence-electron chi connectivity index (χ3n) is 3.24. The molecule has 0 bridgehead atoms. The first-order valence-corrected chi connectivity index (χ1v) is 6.86. The van der Waals surface area contributed by atoms with Crippen LogP contribution in [0.15, 0.2) is 53.0 Å². The number of carbonyl (C=O) groups excluding carboxylic acids is 1. The summed E-state index contributed by atoms with van der Waals surface area (Å²) < 4.78 is 1.05. The van der Waals surface area contributed by atoms with Crippen molar-refractivity contribution >= 4 is 39.4 Å². The van der Waals surface area contributed by atoms with E-state index in [0.717, 1.165) is 28.1 Å². The van der Waals surface area contributed by atoms with Crippen LogP contribution in [0, 0.1) is 0 Å². The quantitative estimate of drug-likeness (QED) is 0.847. The molecule has 1 amide bonds. The maximum atomic E-state index is 11.0. The van der Waals surface area contributed by atoms with Gasteiger partial charge in [-0.3, -0.25) is 4.79 Å². The van der Waals surface area contributed by atoms with Crippen molar-refractivity contribution in [2.24, 2.45) is 0 Å². The fourth-order valence-corrected chi connectivity index (χ4v) is 2.76. The minimum atomic E-state index is 0.646. The Balaban J connectivity index is 2.07. The summed E-state index contributed by atoms with van der Waals surface area (Å²) in [7, 11) is 0. The third kappa shape index (κ3) is 2.24. The zero-order valence-electron chi connectivity index (χ0n) is 10.2. The molecule has 4 heteroatoms. The topological polar surface area (TPSA) is 23.6 Å². The zero-order chi connectivity index (χ0) is 13.2. The largest absolute Gasteiger partial charge is 0.338 e. The lowest BCUT2D eigenvalue weighted by Crippen LogP contribution is -2.37. The monoisotopic (exact) mass is 315 g/mol. The number of rotatable bonds is 2. The van der Waals surface area contributed by atoms with Crippen molar-refractivity contribution in [3.05, 3.63) is 53.0 Å². The highest BCUT2D eigenvalue weighted by Gasteiger charge is 2.23. The lowest BCUT2D eigenvalue weighted by atomic mass is 10.1. The molecule has 0 saturated heterocycles. The van der Waals surface area contributed by atoms with Gasteiger partial charge in [-0.05, 0) is 30.3 Å². The second-order valence-corrected chi connectivity index (χ2v) is 5.28. The van der Waals surface area contributed by atoms with Crippen molar-refractivity contribution in [1.29, 1.82) is 0 Å². The molecular weight excluding hydrogens is 304 g/mol. The normalized spacial score (nSPS) is 14.2. The first-order valence-electron chi connectivity index (χ1n) is 6.07. The van der Waals surface area contributed by atoms with Crippen LogP contribution in [0.3, 0.4) is 0 Å². The summed E-state index contributed by atoms with van der Waals surface area (Å²) in [6, 6.07) is 16.1. The fraction of sp³-hybridized carbons (Fsp3) is 0.133. The molecule has 2 aromatic carbocycles. The molecule has 1 heterocycles. The molecule has 0 spiro atoms. The molecule has 3 rings (SSSR count). The van der Waals surface area contributed by atoms with Crippen molar-refractivity contribution in [3.8, 4) is 0 Å². The summed E-state index contributed by atoms with van der Waals surface area (Å²) in [5.41, 5.74) is 3.06. The molecule has 0 saturated carbocycles. The lowest BCUT2D eigenvalue weighted by molar-refractivity contribution is 0.550. The van der Waals surface area contributed by atoms with E-state index in [1.54, 1.807) is 4.90 Å². The van der Waals surface area contributed by atoms with E-state index in [-0.39, 0.29) is 0 Å². The highest BCUT2D eigenvalue weighted by atomic mass is 79.9. The molecule has 1 aliphatic rings. The number of benzene rings is 2. The molecule has 0 aliphatic carbocycles. The van der Waals surface area contributed by atoms with E-state index < -0.39 is 0 Å².